The molecule has 3 N–H and O–H groups in total. The Kier molecular flexibility index (Phi) is 4.54. The molecule has 2 rings (SSSR count). The van der Waals surface area contributed by atoms with Gasteiger partial charge in [-0.1, -0.05) is 18.6 Å². The summed E-state index contributed by atoms with van der Waals surface area (Å²) < 4.78 is 1.39. The molecule has 20 heavy (non-hydrogen) atoms. The fourth-order valence-electron chi connectivity index (χ4n) is 2.37. The van der Waals surface area contributed by atoms with Crippen molar-refractivity contribution in [1.29, 1.82) is 0 Å². The van der Waals surface area contributed by atoms with Crippen LogP contribution in [0.4, 0.5) is 4.79 Å². The van der Waals surface area contributed by atoms with Crippen molar-refractivity contribution in [2.75, 3.05) is 6.54 Å². The van der Waals surface area contributed by atoms with E-state index in [1.807, 2.05) is 0 Å². The maximum atomic E-state index is 11.7. The van der Waals surface area contributed by atoms with Crippen LogP contribution in [-0.2, 0) is 6.54 Å². The molecule has 2 unspecified atom stereocenters. The standard InChI is InChI=1S/C12H19N5O3/c1-8-3-2-4-9(8)14-12(20)13-5-6-17-7-10(11(18)19)15-16-17/h7-9H,2-6H2,1H3,(H,18,19)(H2,13,14,20). The first-order chi connectivity index (χ1) is 9.56. The van der Waals surface area contributed by atoms with E-state index in [2.05, 4.69) is 27.9 Å². The molecule has 0 radical (unpaired) electrons. The van der Waals surface area contributed by atoms with E-state index in [0.717, 1.165) is 19.3 Å². The number of amides is 2. The number of nitrogens with one attached hydrogen (secondary N) is 2. The van der Waals surface area contributed by atoms with E-state index >= 15 is 0 Å². The lowest BCUT2D eigenvalue weighted by atomic mass is 10.1. The smallest absolute Gasteiger partial charge is 0.358 e. The number of carboxylic acids is 1. The van der Waals surface area contributed by atoms with Crippen LogP contribution in [0.1, 0.15) is 36.7 Å². The maximum Gasteiger partial charge on any atom is 0.358 e. The minimum absolute atomic E-state index is 0.103. The van der Waals surface area contributed by atoms with Crippen LogP contribution in [0.2, 0.25) is 0 Å². The summed E-state index contributed by atoms with van der Waals surface area (Å²) in [5, 5.41) is 21.5. The number of carboxylic acid groups (broad SMARTS) is 1. The van der Waals surface area contributed by atoms with Gasteiger partial charge in [-0.2, -0.15) is 0 Å². The summed E-state index contributed by atoms with van der Waals surface area (Å²) in [6.45, 7) is 2.89. The highest BCUT2D eigenvalue weighted by molar-refractivity contribution is 5.84. The van der Waals surface area contributed by atoms with Crippen molar-refractivity contribution in [3.05, 3.63) is 11.9 Å². The van der Waals surface area contributed by atoms with E-state index in [9.17, 15) is 9.59 Å². The molecule has 8 heteroatoms. The first-order valence-corrected chi connectivity index (χ1v) is 6.74. The van der Waals surface area contributed by atoms with Crippen molar-refractivity contribution < 1.29 is 14.7 Å². The normalized spacial score (nSPS) is 21.6. The van der Waals surface area contributed by atoms with Crippen molar-refractivity contribution in [3.8, 4) is 0 Å². The van der Waals surface area contributed by atoms with Gasteiger partial charge in [0, 0.05) is 12.6 Å². The van der Waals surface area contributed by atoms with Gasteiger partial charge in [-0.3, -0.25) is 0 Å². The van der Waals surface area contributed by atoms with Gasteiger partial charge >= 0.3 is 12.0 Å². The Hall–Kier alpha value is -2.12. The minimum Gasteiger partial charge on any atom is -0.476 e. The second-order valence-corrected chi connectivity index (χ2v) is 5.09. The topological polar surface area (TPSA) is 109 Å². The van der Waals surface area contributed by atoms with Crippen molar-refractivity contribution in [2.45, 2.75) is 38.8 Å². The SMILES string of the molecule is CC1CCCC1NC(=O)NCCn1cc(C(=O)O)nn1. The second kappa shape index (κ2) is 6.36. The first-order valence-electron chi connectivity index (χ1n) is 6.74. The molecule has 0 bridgehead atoms. The third-order valence-corrected chi connectivity index (χ3v) is 3.56. The predicted molar refractivity (Wildman–Crippen MR) is 70.3 cm³/mol. The number of carbonyl (C=O) groups excluding carboxylic acids is 1. The molecule has 1 aliphatic carbocycles. The highest BCUT2D eigenvalue weighted by atomic mass is 16.4. The number of nitrogens with zero attached hydrogens (tertiary/aromatic N) is 3. The number of aromatic nitrogens is 3. The number of carbonyl (C=O) groups is 2. The van der Waals surface area contributed by atoms with E-state index in [4.69, 9.17) is 5.11 Å². The molecular weight excluding hydrogens is 262 g/mol. The molecule has 0 saturated heterocycles. The molecule has 1 heterocycles. The van der Waals surface area contributed by atoms with E-state index in [0.29, 0.717) is 19.0 Å². The lowest BCUT2D eigenvalue weighted by molar-refractivity contribution is 0.0690. The summed E-state index contributed by atoms with van der Waals surface area (Å²) in [5.41, 5.74) is -0.103. The highest BCUT2D eigenvalue weighted by Crippen LogP contribution is 2.24. The molecule has 8 nitrogen and oxygen atoms in total. The van der Waals surface area contributed by atoms with Crippen molar-refractivity contribution in [3.63, 3.8) is 0 Å². The molecule has 2 atom stereocenters. The van der Waals surface area contributed by atoms with Gasteiger partial charge < -0.3 is 15.7 Å². The Morgan fingerprint density at radius 2 is 2.30 bits per heavy atom. The first kappa shape index (κ1) is 14.3. The molecule has 1 aromatic heterocycles. The Bertz CT molecular complexity index is 487. The van der Waals surface area contributed by atoms with Gasteiger partial charge in [0.05, 0.1) is 12.7 Å². The lowest BCUT2D eigenvalue weighted by Crippen LogP contribution is -2.44. The fourth-order valence-corrected chi connectivity index (χ4v) is 2.37. The average Bonchev–Trinajstić information content (AvgIpc) is 3.00. The summed E-state index contributed by atoms with van der Waals surface area (Å²) in [6.07, 6.45) is 4.67. The molecule has 0 spiro atoms. The third kappa shape index (κ3) is 3.69. The zero-order valence-electron chi connectivity index (χ0n) is 11.4. The van der Waals surface area contributed by atoms with E-state index in [1.54, 1.807) is 0 Å². The van der Waals surface area contributed by atoms with Crippen molar-refractivity contribution >= 4 is 12.0 Å². The molecule has 110 valence electrons. The van der Waals surface area contributed by atoms with Crippen LogP contribution in [0.3, 0.4) is 0 Å². The van der Waals surface area contributed by atoms with Gasteiger partial charge in [-0.05, 0) is 18.8 Å². The number of aromatic carboxylic acids is 1. The predicted octanol–water partition coefficient (Wildman–Crippen LogP) is 0.464. The Morgan fingerprint density at radius 3 is 2.90 bits per heavy atom. The monoisotopic (exact) mass is 281 g/mol. The Morgan fingerprint density at radius 1 is 1.50 bits per heavy atom. The number of hydrogen-bond acceptors (Lipinski definition) is 4. The molecule has 1 fully saturated rings. The fraction of sp³-hybridized carbons (Fsp3) is 0.667. The van der Waals surface area contributed by atoms with Gasteiger partial charge in [0.15, 0.2) is 5.69 Å². The van der Waals surface area contributed by atoms with Crippen LogP contribution in [0.15, 0.2) is 6.20 Å². The van der Waals surface area contributed by atoms with E-state index in [-0.39, 0.29) is 17.8 Å². The lowest BCUT2D eigenvalue weighted by Gasteiger charge is -2.17. The van der Waals surface area contributed by atoms with Gasteiger partial charge in [-0.25, -0.2) is 14.3 Å². The molecule has 1 saturated carbocycles. The Balaban J connectivity index is 1.69. The second-order valence-electron chi connectivity index (χ2n) is 5.09. The quantitative estimate of drug-likeness (QED) is 0.726. The molecule has 2 amide bonds. The molecule has 1 aliphatic rings. The van der Waals surface area contributed by atoms with Crippen LogP contribution in [0.5, 0.6) is 0 Å². The number of rotatable bonds is 5. The number of hydrogen-bond donors (Lipinski definition) is 3. The summed E-state index contributed by atoms with van der Waals surface area (Å²) >= 11 is 0. The maximum absolute atomic E-state index is 11.7. The molecule has 1 aromatic rings. The van der Waals surface area contributed by atoms with Gasteiger partial charge in [0.2, 0.25) is 0 Å². The minimum atomic E-state index is -1.11. The zero-order chi connectivity index (χ0) is 14.5. The van der Waals surface area contributed by atoms with Crippen molar-refractivity contribution in [1.82, 2.24) is 25.6 Å². The van der Waals surface area contributed by atoms with Gasteiger partial charge in [0.25, 0.3) is 0 Å². The van der Waals surface area contributed by atoms with Crippen LogP contribution < -0.4 is 10.6 Å². The molecular formula is C12H19N5O3. The van der Waals surface area contributed by atoms with Gasteiger partial charge in [-0.15, -0.1) is 5.10 Å². The summed E-state index contributed by atoms with van der Waals surface area (Å²) in [7, 11) is 0. The van der Waals surface area contributed by atoms with Crippen LogP contribution in [0.25, 0.3) is 0 Å². The zero-order valence-corrected chi connectivity index (χ0v) is 11.4. The average molecular weight is 281 g/mol. The van der Waals surface area contributed by atoms with E-state index in [1.165, 1.54) is 10.9 Å². The third-order valence-electron chi connectivity index (χ3n) is 3.56. The largest absolute Gasteiger partial charge is 0.476 e. The molecule has 0 aromatic carbocycles. The van der Waals surface area contributed by atoms with E-state index < -0.39 is 5.97 Å². The summed E-state index contributed by atoms with van der Waals surface area (Å²) in [5.74, 6) is -0.591. The van der Waals surface area contributed by atoms with Crippen LogP contribution in [-0.4, -0.2) is 44.7 Å². The van der Waals surface area contributed by atoms with Gasteiger partial charge in [0.1, 0.15) is 0 Å². The summed E-state index contributed by atoms with van der Waals surface area (Å²) in [4.78, 5) is 22.3. The van der Waals surface area contributed by atoms with Crippen LogP contribution >= 0.6 is 0 Å². The summed E-state index contributed by atoms with van der Waals surface area (Å²) in [6, 6.07) is 0.0577. The Labute approximate surface area is 116 Å². The van der Waals surface area contributed by atoms with Crippen LogP contribution in [0, 0.1) is 5.92 Å². The number of urea groups is 1. The molecule has 0 aliphatic heterocycles. The highest BCUT2D eigenvalue weighted by Gasteiger charge is 2.24. The van der Waals surface area contributed by atoms with Crippen molar-refractivity contribution in [2.24, 2.45) is 5.92 Å².